The highest BCUT2D eigenvalue weighted by atomic mass is 16.5. The minimum atomic E-state index is 0.228. The number of aromatic nitrogens is 5. The van der Waals surface area contributed by atoms with Crippen LogP contribution in [0.25, 0.3) is 11.5 Å². The van der Waals surface area contributed by atoms with Crippen molar-refractivity contribution in [3.8, 4) is 11.5 Å². The predicted octanol–water partition coefficient (Wildman–Crippen LogP) is 0.564. The van der Waals surface area contributed by atoms with Crippen LogP contribution in [0.5, 0.6) is 0 Å². The molecule has 1 aliphatic heterocycles. The van der Waals surface area contributed by atoms with Crippen LogP contribution in [0.4, 0.5) is 11.9 Å². The molecule has 8 heteroatoms. The molecular formula is C13H19N7O. The number of ether oxygens (including phenoxy) is 1. The number of nitrogen functional groups attached to an aromatic ring is 1. The van der Waals surface area contributed by atoms with Crippen LogP contribution < -0.4 is 10.6 Å². The van der Waals surface area contributed by atoms with Crippen LogP contribution >= 0.6 is 0 Å². The monoisotopic (exact) mass is 289 g/mol. The number of morpholine rings is 1. The summed E-state index contributed by atoms with van der Waals surface area (Å²) in [6.07, 6.45) is 2.74. The van der Waals surface area contributed by atoms with Crippen molar-refractivity contribution in [2.75, 3.05) is 36.9 Å². The fraction of sp³-hybridized carbons (Fsp3) is 0.538. The Kier molecular flexibility index (Phi) is 3.96. The standard InChI is InChI=1S/C13H19N7O/c1-2-5-20-10(3-4-15-20)11-16-12(14)18-13(17-11)19-6-8-21-9-7-19/h3-4H,2,5-9H2,1H3,(H2,14,16,17,18). The van der Waals surface area contributed by atoms with E-state index in [1.807, 2.05) is 10.7 Å². The largest absolute Gasteiger partial charge is 0.378 e. The molecular weight excluding hydrogens is 270 g/mol. The Morgan fingerprint density at radius 2 is 2.05 bits per heavy atom. The number of hydrogen-bond donors (Lipinski definition) is 1. The second-order valence-corrected chi connectivity index (χ2v) is 4.86. The van der Waals surface area contributed by atoms with Crippen molar-refractivity contribution in [3.05, 3.63) is 12.3 Å². The third-order valence-electron chi connectivity index (χ3n) is 3.32. The lowest BCUT2D eigenvalue weighted by Gasteiger charge is -2.26. The third-order valence-corrected chi connectivity index (χ3v) is 3.32. The van der Waals surface area contributed by atoms with E-state index in [1.54, 1.807) is 6.20 Å². The van der Waals surface area contributed by atoms with E-state index in [4.69, 9.17) is 10.5 Å². The molecule has 0 aromatic carbocycles. The Bertz CT molecular complexity index is 606. The lowest BCUT2D eigenvalue weighted by Crippen LogP contribution is -2.37. The van der Waals surface area contributed by atoms with Gasteiger partial charge in [-0.25, -0.2) is 0 Å². The average molecular weight is 289 g/mol. The van der Waals surface area contributed by atoms with Crippen molar-refractivity contribution in [1.29, 1.82) is 0 Å². The summed E-state index contributed by atoms with van der Waals surface area (Å²) >= 11 is 0. The summed E-state index contributed by atoms with van der Waals surface area (Å²) in [5.41, 5.74) is 6.71. The average Bonchev–Trinajstić information content (AvgIpc) is 2.96. The van der Waals surface area contributed by atoms with Crippen LogP contribution in [-0.4, -0.2) is 51.0 Å². The van der Waals surface area contributed by atoms with E-state index in [0.717, 1.165) is 31.7 Å². The quantitative estimate of drug-likeness (QED) is 0.878. The molecule has 2 aromatic heterocycles. The lowest BCUT2D eigenvalue weighted by molar-refractivity contribution is 0.122. The van der Waals surface area contributed by atoms with Crippen molar-refractivity contribution in [2.24, 2.45) is 0 Å². The molecule has 21 heavy (non-hydrogen) atoms. The molecule has 1 fully saturated rings. The zero-order valence-electron chi connectivity index (χ0n) is 12.1. The van der Waals surface area contributed by atoms with Gasteiger partial charge < -0.3 is 15.4 Å². The molecule has 0 atom stereocenters. The molecule has 2 aromatic rings. The highest BCUT2D eigenvalue weighted by molar-refractivity contribution is 5.53. The molecule has 112 valence electrons. The maximum Gasteiger partial charge on any atom is 0.230 e. The summed E-state index contributed by atoms with van der Waals surface area (Å²) in [6, 6.07) is 1.90. The summed E-state index contributed by atoms with van der Waals surface area (Å²) in [4.78, 5) is 15.1. The molecule has 1 saturated heterocycles. The van der Waals surface area contributed by atoms with Crippen LogP contribution in [-0.2, 0) is 11.3 Å². The van der Waals surface area contributed by atoms with Crippen molar-refractivity contribution >= 4 is 11.9 Å². The third kappa shape index (κ3) is 2.94. The van der Waals surface area contributed by atoms with Crippen molar-refractivity contribution in [3.63, 3.8) is 0 Å². The van der Waals surface area contributed by atoms with E-state index < -0.39 is 0 Å². The number of nitrogens with two attached hydrogens (primary N) is 1. The van der Waals surface area contributed by atoms with E-state index in [0.29, 0.717) is 25.0 Å². The molecule has 0 saturated carbocycles. The first-order chi connectivity index (χ1) is 10.3. The Hall–Kier alpha value is -2.22. The van der Waals surface area contributed by atoms with Gasteiger partial charge in [0.2, 0.25) is 11.9 Å². The first-order valence-corrected chi connectivity index (χ1v) is 7.14. The maximum atomic E-state index is 5.85. The zero-order valence-corrected chi connectivity index (χ0v) is 12.1. The minimum Gasteiger partial charge on any atom is -0.378 e. The minimum absolute atomic E-state index is 0.228. The van der Waals surface area contributed by atoms with E-state index >= 15 is 0 Å². The van der Waals surface area contributed by atoms with Gasteiger partial charge in [0.05, 0.1) is 13.2 Å². The van der Waals surface area contributed by atoms with Crippen LogP contribution in [0.1, 0.15) is 13.3 Å². The van der Waals surface area contributed by atoms with Crippen LogP contribution in [0.15, 0.2) is 12.3 Å². The van der Waals surface area contributed by atoms with E-state index in [-0.39, 0.29) is 5.95 Å². The molecule has 0 spiro atoms. The predicted molar refractivity (Wildman–Crippen MR) is 78.8 cm³/mol. The SMILES string of the molecule is CCCn1nccc1-c1nc(N)nc(N2CCOCC2)n1. The molecule has 0 bridgehead atoms. The summed E-state index contributed by atoms with van der Waals surface area (Å²) < 4.78 is 7.23. The van der Waals surface area contributed by atoms with Gasteiger partial charge in [-0.3, -0.25) is 4.68 Å². The number of hydrogen-bond acceptors (Lipinski definition) is 7. The fourth-order valence-corrected chi connectivity index (χ4v) is 2.31. The van der Waals surface area contributed by atoms with Crippen molar-refractivity contribution in [1.82, 2.24) is 24.7 Å². The number of rotatable bonds is 4. The Morgan fingerprint density at radius 1 is 1.24 bits per heavy atom. The van der Waals surface area contributed by atoms with Crippen molar-refractivity contribution in [2.45, 2.75) is 19.9 Å². The first kappa shape index (κ1) is 13.7. The fourth-order valence-electron chi connectivity index (χ4n) is 2.31. The molecule has 8 nitrogen and oxygen atoms in total. The number of nitrogens with zero attached hydrogens (tertiary/aromatic N) is 6. The van der Waals surface area contributed by atoms with Gasteiger partial charge in [-0.15, -0.1) is 0 Å². The van der Waals surface area contributed by atoms with Crippen LogP contribution in [0.2, 0.25) is 0 Å². The second kappa shape index (κ2) is 6.04. The molecule has 3 rings (SSSR count). The molecule has 3 heterocycles. The van der Waals surface area contributed by atoms with E-state index in [1.165, 1.54) is 0 Å². The van der Waals surface area contributed by atoms with Gasteiger partial charge in [-0.2, -0.15) is 20.1 Å². The van der Waals surface area contributed by atoms with Crippen molar-refractivity contribution < 1.29 is 4.74 Å². The van der Waals surface area contributed by atoms with Gasteiger partial charge in [0, 0.05) is 25.8 Å². The highest BCUT2D eigenvalue weighted by Crippen LogP contribution is 2.19. The Morgan fingerprint density at radius 3 is 2.81 bits per heavy atom. The summed E-state index contributed by atoms with van der Waals surface area (Å²) in [5.74, 6) is 1.39. The van der Waals surface area contributed by atoms with Gasteiger partial charge in [0.15, 0.2) is 5.82 Å². The zero-order chi connectivity index (χ0) is 14.7. The molecule has 0 radical (unpaired) electrons. The van der Waals surface area contributed by atoms with E-state index in [9.17, 15) is 0 Å². The molecule has 0 aliphatic carbocycles. The van der Waals surface area contributed by atoms with Gasteiger partial charge in [0.25, 0.3) is 0 Å². The number of aryl methyl sites for hydroxylation is 1. The lowest BCUT2D eigenvalue weighted by atomic mass is 10.3. The normalized spacial score (nSPS) is 15.4. The number of anilines is 2. The Labute approximate surface area is 123 Å². The van der Waals surface area contributed by atoms with Crippen LogP contribution in [0.3, 0.4) is 0 Å². The molecule has 1 aliphatic rings. The van der Waals surface area contributed by atoms with Crippen LogP contribution in [0, 0.1) is 0 Å². The summed E-state index contributed by atoms with van der Waals surface area (Å²) in [7, 11) is 0. The van der Waals surface area contributed by atoms with E-state index in [2.05, 4.69) is 31.9 Å². The summed E-state index contributed by atoms with van der Waals surface area (Å²) in [5, 5.41) is 4.30. The first-order valence-electron chi connectivity index (χ1n) is 7.14. The van der Waals surface area contributed by atoms with Gasteiger partial charge >= 0.3 is 0 Å². The highest BCUT2D eigenvalue weighted by Gasteiger charge is 2.17. The molecule has 2 N–H and O–H groups in total. The topological polar surface area (TPSA) is 95.0 Å². The smallest absolute Gasteiger partial charge is 0.230 e. The van der Waals surface area contributed by atoms with Gasteiger partial charge in [0.1, 0.15) is 5.69 Å². The maximum absolute atomic E-state index is 5.85. The summed E-state index contributed by atoms with van der Waals surface area (Å²) in [6.45, 7) is 5.80. The van der Waals surface area contributed by atoms with Gasteiger partial charge in [-0.05, 0) is 12.5 Å². The molecule has 0 amide bonds. The molecule has 0 unspecified atom stereocenters. The second-order valence-electron chi connectivity index (χ2n) is 4.86. The Balaban J connectivity index is 1.95. The van der Waals surface area contributed by atoms with Gasteiger partial charge in [-0.1, -0.05) is 6.92 Å².